The zero-order chi connectivity index (χ0) is 14.3. The van der Waals surface area contributed by atoms with E-state index in [1.165, 1.54) is 0 Å². The average molecular weight is 265 g/mol. The van der Waals surface area contributed by atoms with Crippen LogP contribution < -0.4 is 10.1 Å². The number of para-hydroxylation sites is 1. The minimum atomic E-state index is -0.613. The molecule has 1 aromatic rings. The van der Waals surface area contributed by atoms with Crippen molar-refractivity contribution in [2.45, 2.75) is 45.8 Å². The molecule has 0 heterocycles. The summed E-state index contributed by atoms with van der Waals surface area (Å²) in [5.74, 6) is 0.422. The maximum absolute atomic E-state index is 11.7. The summed E-state index contributed by atoms with van der Waals surface area (Å²) in [5, 5.41) is 12.5. The summed E-state index contributed by atoms with van der Waals surface area (Å²) in [5.41, 5.74) is 0.692. The predicted molar refractivity (Wildman–Crippen MR) is 75.1 cm³/mol. The Bertz CT molecular complexity index is 400. The Morgan fingerprint density at radius 3 is 2.53 bits per heavy atom. The van der Waals surface area contributed by atoms with Crippen LogP contribution in [0.4, 0.5) is 0 Å². The summed E-state index contributed by atoms with van der Waals surface area (Å²) in [6, 6.07) is 7.40. The van der Waals surface area contributed by atoms with Crippen LogP contribution in [0, 0.1) is 0 Å². The van der Waals surface area contributed by atoms with Gasteiger partial charge in [-0.15, -0.1) is 0 Å². The van der Waals surface area contributed by atoms with Crippen LogP contribution in [0.25, 0.3) is 0 Å². The van der Waals surface area contributed by atoms with Crippen LogP contribution in [-0.4, -0.2) is 23.7 Å². The lowest BCUT2D eigenvalue weighted by molar-refractivity contribution is -0.123. The molecule has 2 N–H and O–H groups in total. The van der Waals surface area contributed by atoms with Crippen LogP contribution in [0.15, 0.2) is 24.3 Å². The van der Waals surface area contributed by atoms with Gasteiger partial charge < -0.3 is 15.2 Å². The second-order valence-corrected chi connectivity index (χ2v) is 4.58. The summed E-state index contributed by atoms with van der Waals surface area (Å²) >= 11 is 0. The van der Waals surface area contributed by atoms with Gasteiger partial charge in [-0.1, -0.05) is 32.0 Å². The summed E-state index contributed by atoms with van der Waals surface area (Å²) in [7, 11) is 0. The van der Waals surface area contributed by atoms with E-state index >= 15 is 0 Å². The van der Waals surface area contributed by atoms with E-state index in [9.17, 15) is 9.90 Å². The lowest BCUT2D eigenvalue weighted by atomic mass is 10.1. The number of carbonyl (C=O) groups excluding carboxylic acids is 1. The second-order valence-electron chi connectivity index (χ2n) is 4.58. The lowest BCUT2D eigenvalue weighted by Gasteiger charge is -2.16. The molecule has 0 fully saturated rings. The van der Waals surface area contributed by atoms with Crippen molar-refractivity contribution in [2.75, 3.05) is 6.61 Å². The molecule has 4 heteroatoms. The molecule has 0 radical (unpaired) electrons. The molecule has 0 aliphatic carbocycles. The highest BCUT2D eigenvalue weighted by Crippen LogP contribution is 2.24. The van der Waals surface area contributed by atoms with Gasteiger partial charge in [0.2, 0.25) is 0 Å². The minimum Gasteiger partial charge on any atom is -0.483 e. The molecule has 0 saturated carbocycles. The maximum Gasteiger partial charge on any atom is 0.258 e. The van der Waals surface area contributed by atoms with Gasteiger partial charge in [0.05, 0.1) is 6.10 Å². The molecule has 1 amide bonds. The van der Waals surface area contributed by atoms with Gasteiger partial charge in [-0.25, -0.2) is 0 Å². The Balaban J connectivity index is 2.55. The van der Waals surface area contributed by atoms with Crippen molar-refractivity contribution in [1.82, 2.24) is 5.32 Å². The third kappa shape index (κ3) is 4.91. The largest absolute Gasteiger partial charge is 0.483 e. The Hall–Kier alpha value is -1.55. The standard InChI is InChI=1S/C15H23NO3/c1-4-12(5-2)16-15(18)10-19-14-9-7-6-8-13(14)11(3)17/h6-9,11-12,17H,4-5,10H2,1-3H3,(H,16,18)/t11-/m1/s1. The maximum atomic E-state index is 11.7. The quantitative estimate of drug-likeness (QED) is 0.796. The fraction of sp³-hybridized carbons (Fsp3) is 0.533. The second kappa shape index (κ2) is 7.79. The predicted octanol–water partition coefficient (Wildman–Crippen LogP) is 2.42. The van der Waals surface area contributed by atoms with Crippen molar-refractivity contribution in [3.63, 3.8) is 0 Å². The van der Waals surface area contributed by atoms with Gasteiger partial charge in [0.15, 0.2) is 6.61 Å². The van der Waals surface area contributed by atoms with Gasteiger partial charge >= 0.3 is 0 Å². The molecule has 0 aliphatic rings. The van der Waals surface area contributed by atoms with E-state index in [4.69, 9.17) is 4.74 Å². The summed E-state index contributed by atoms with van der Waals surface area (Å²) < 4.78 is 5.48. The highest BCUT2D eigenvalue weighted by molar-refractivity contribution is 5.77. The summed E-state index contributed by atoms with van der Waals surface area (Å²) in [4.78, 5) is 11.7. The SMILES string of the molecule is CCC(CC)NC(=O)COc1ccccc1[C@@H](C)O. The molecule has 0 aliphatic heterocycles. The highest BCUT2D eigenvalue weighted by atomic mass is 16.5. The first-order chi connectivity index (χ1) is 9.08. The number of aliphatic hydroxyl groups excluding tert-OH is 1. The number of nitrogens with one attached hydrogen (secondary N) is 1. The fourth-order valence-corrected chi connectivity index (χ4v) is 1.86. The number of hydrogen-bond donors (Lipinski definition) is 2. The third-order valence-electron chi connectivity index (χ3n) is 3.08. The van der Waals surface area contributed by atoms with Crippen LogP contribution >= 0.6 is 0 Å². The third-order valence-corrected chi connectivity index (χ3v) is 3.08. The Morgan fingerprint density at radius 1 is 1.32 bits per heavy atom. The van der Waals surface area contributed by atoms with Crippen LogP contribution in [-0.2, 0) is 4.79 Å². The minimum absolute atomic E-state index is 0.0275. The van der Waals surface area contributed by atoms with Crippen molar-refractivity contribution >= 4 is 5.91 Å². The van der Waals surface area contributed by atoms with E-state index < -0.39 is 6.10 Å². The van der Waals surface area contributed by atoms with E-state index in [-0.39, 0.29) is 18.6 Å². The number of amides is 1. The molecular formula is C15H23NO3. The van der Waals surface area contributed by atoms with Crippen molar-refractivity contribution in [1.29, 1.82) is 0 Å². The first-order valence-corrected chi connectivity index (χ1v) is 6.77. The number of rotatable bonds is 7. The highest BCUT2D eigenvalue weighted by Gasteiger charge is 2.12. The average Bonchev–Trinajstić information content (AvgIpc) is 2.42. The van der Waals surface area contributed by atoms with E-state index in [0.717, 1.165) is 12.8 Å². The molecule has 0 spiro atoms. The molecule has 0 saturated heterocycles. The Kier molecular flexibility index (Phi) is 6.36. The zero-order valence-corrected chi connectivity index (χ0v) is 11.8. The van der Waals surface area contributed by atoms with E-state index in [2.05, 4.69) is 5.32 Å². The van der Waals surface area contributed by atoms with E-state index in [1.54, 1.807) is 19.1 Å². The molecule has 106 valence electrons. The molecule has 0 aromatic heterocycles. The van der Waals surface area contributed by atoms with Gasteiger partial charge in [0, 0.05) is 11.6 Å². The summed E-state index contributed by atoms with van der Waals surface area (Å²) in [6.45, 7) is 5.72. The molecular weight excluding hydrogens is 242 g/mol. The van der Waals surface area contributed by atoms with Gasteiger partial charge in [-0.05, 0) is 25.8 Å². The number of hydrogen-bond acceptors (Lipinski definition) is 3. The fourth-order valence-electron chi connectivity index (χ4n) is 1.86. The molecule has 1 aromatic carbocycles. The topological polar surface area (TPSA) is 58.6 Å². The first kappa shape index (κ1) is 15.5. The van der Waals surface area contributed by atoms with Crippen LogP contribution in [0.1, 0.15) is 45.3 Å². The van der Waals surface area contributed by atoms with Gasteiger partial charge in [-0.3, -0.25) is 4.79 Å². The Morgan fingerprint density at radius 2 is 1.95 bits per heavy atom. The van der Waals surface area contributed by atoms with Crippen molar-refractivity contribution in [2.24, 2.45) is 0 Å². The van der Waals surface area contributed by atoms with Crippen LogP contribution in [0.3, 0.4) is 0 Å². The molecule has 19 heavy (non-hydrogen) atoms. The first-order valence-electron chi connectivity index (χ1n) is 6.77. The number of aliphatic hydroxyl groups is 1. The molecule has 1 rings (SSSR count). The van der Waals surface area contributed by atoms with E-state index in [1.807, 2.05) is 26.0 Å². The normalized spacial score (nSPS) is 12.3. The van der Waals surface area contributed by atoms with E-state index in [0.29, 0.717) is 11.3 Å². The monoisotopic (exact) mass is 265 g/mol. The molecule has 0 unspecified atom stereocenters. The number of benzene rings is 1. The van der Waals surface area contributed by atoms with Crippen LogP contribution in [0.2, 0.25) is 0 Å². The van der Waals surface area contributed by atoms with Crippen LogP contribution in [0.5, 0.6) is 5.75 Å². The molecule has 1 atom stereocenters. The van der Waals surface area contributed by atoms with Crippen molar-refractivity contribution in [3.8, 4) is 5.75 Å². The van der Waals surface area contributed by atoms with Crippen molar-refractivity contribution in [3.05, 3.63) is 29.8 Å². The molecule has 4 nitrogen and oxygen atoms in total. The molecule has 0 bridgehead atoms. The summed E-state index contributed by atoms with van der Waals surface area (Å²) in [6.07, 6.45) is 1.21. The lowest BCUT2D eigenvalue weighted by Crippen LogP contribution is -2.37. The zero-order valence-electron chi connectivity index (χ0n) is 11.8. The van der Waals surface area contributed by atoms with Crippen molar-refractivity contribution < 1.29 is 14.6 Å². The van der Waals surface area contributed by atoms with Gasteiger partial charge in [0.25, 0.3) is 5.91 Å². The Labute approximate surface area is 114 Å². The smallest absolute Gasteiger partial charge is 0.258 e. The number of ether oxygens (including phenoxy) is 1. The number of carbonyl (C=O) groups is 1. The van der Waals surface area contributed by atoms with Gasteiger partial charge in [0.1, 0.15) is 5.75 Å². The van der Waals surface area contributed by atoms with Gasteiger partial charge in [-0.2, -0.15) is 0 Å².